The Hall–Kier alpha value is -1.94. The van der Waals surface area contributed by atoms with E-state index in [0.717, 1.165) is 17.4 Å². The van der Waals surface area contributed by atoms with Gasteiger partial charge in [-0.1, -0.05) is 18.2 Å². The topological polar surface area (TPSA) is 21.3 Å². The lowest BCUT2D eigenvalue weighted by Crippen LogP contribution is -2.20. The fourth-order valence-electron chi connectivity index (χ4n) is 2.39. The summed E-state index contributed by atoms with van der Waals surface area (Å²) in [6.07, 6.45) is 0.481. The van der Waals surface area contributed by atoms with Crippen LogP contribution in [-0.2, 0) is 6.42 Å². The summed E-state index contributed by atoms with van der Waals surface area (Å²) in [5, 5.41) is 3.18. The molecule has 0 aromatic heterocycles. The number of hydrogen-bond donors (Lipinski definition) is 1. The Labute approximate surface area is 123 Å². The summed E-state index contributed by atoms with van der Waals surface area (Å²) >= 11 is 0. The van der Waals surface area contributed by atoms with Crippen LogP contribution in [0, 0.1) is 11.6 Å². The average molecular weight is 291 g/mol. The zero-order valence-electron chi connectivity index (χ0n) is 12.2. The van der Waals surface area contributed by atoms with Crippen LogP contribution in [0.4, 0.5) is 8.78 Å². The van der Waals surface area contributed by atoms with E-state index in [2.05, 4.69) is 5.32 Å². The van der Waals surface area contributed by atoms with Crippen LogP contribution in [0.15, 0.2) is 42.5 Å². The molecule has 1 N–H and O–H groups in total. The van der Waals surface area contributed by atoms with Crippen molar-refractivity contribution in [2.24, 2.45) is 0 Å². The second-order valence-corrected chi connectivity index (χ2v) is 4.79. The van der Waals surface area contributed by atoms with Crippen molar-refractivity contribution in [1.82, 2.24) is 5.32 Å². The molecule has 0 aliphatic heterocycles. The summed E-state index contributed by atoms with van der Waals surface area (Å²) in [6.45, 7) is 2.50. The van der Waals surface area contributed by atoms with E-state index in [1.54, 1.807) is 0 Å². The third-order valence-corrected chi connectivity index (χ3v) is 3.30. The van der Waals surface area contributed by atoms with Gasteiger partial charge in [-0.05, 0) is 44.2 Å². The Kier molecular flexibility index (Phi) is 5.28. The first-order valence-electron chi connectivity index (χ1n) is 6.98. The molecule has 0 fully saturated rings. The molecule has 0 saturated heterocycles. The Morgan fingerprint density at radius 2 is 1.76 bits per heavy atom. The smallest absolute Gasteiger partial charge is 0.126 e. The van der Waals surface area contributed by atoms with Crippen molar-refractivity contribution >= 4 is 0 Å². The number of hydrogen-bond acceptors (Lipinski definition) is 2. The number of para-hydroxylation sites is 1. The molecule has 21 heavy (non-hydrogen) atoms. The molecule has 0 aliphatic rings. The molecule has 2 aromatic rings. The molecule has 0 bridgehead atoms. The lowest BCUT2D eigenvalue weighted by Gasteiger charge is -2.20. The van der Waals surface area contributed by atoms with Crippen LogP contribution in [-0.4, -0.2) is 13.7 Å². The minimum atomic E-state index is -0.557. The van der Waals surface area contributed by atoms with Gasteiger partial charge in [-0.25, -0.2) is 8.78 Å². The zero-order chi connectivity index (χ0) is 15.2. The summed E-state index contributed by atoms with van der Waals surface area (Å²) < 4.78 is 32.2. The fourth-order valence-corrected chi connectivity index (χ4v) is 2.39. The van der Waals surface area contributed by atoms with Gasteiger partial charge >= 0.3 is 0 Å². The summed E-state index contributed by atoms with van der Waals surface area (Å²) in [6, 6.07) is 11.2. The molecule has 2 rings (SSSR count). The van der Waals surface area contributed by atoms with E-state index in [-0.39, 0.29) is 6.04 Å². The predicted octanol–water partition coefficient (Wildman–Crippen LogP) is 3.87. The molecule has 0 radical (unpaired) electrons. The number of benzene rings is 2. The Morgan fingerprint density at radius 3 is 2.38 bits per heavy atom. The molecule has 2 nitrogen and oxygen atoms in total. The quantitative estimate of drug-likeness (QED) is 0.872. The zero-order valence-corrected chi connectivity index (χ0v) is 12.2. The van der Waals surface area contributed by atoms with Crippen molar-refractivity contribution in [2.45, 2.75) is 19.4 Å². The van der Waals surface area contributed by atoms with E-state index in [4.69, 9.17) is 4.74 Å². The number of halogens is 2. The van der Waals surface area contributed by atoms with E-state index in [9.17, 15) is 8.78 Å². The largest absolute Gasteiger partial charge is 0.494 e. The minimum Gasteiger partial charge on any atom is -0.494 e. The Bertz CT molecular complexity index is 581. The van der Waals surface area contributed by atoms with E-state index < -0.39 is 11.6 Å². The third kappa shape index (κ3) is 4.02. The fraction of sp³-hybridized carbons (Fsp3) is 0.294. The van der Waals surface area contributed by atoms with Gasteiger partial charge in [0.05, 0.1) is 6.61 Å². The standard InChI is InChI=1S/C17H19F2NO/c1-3-21-17-7-5-4-6-15(17)16(20-2)10-12-8-13(18)11-14(19)9-12/h4-9,11,16,20H,3,10H2,1-2H3. The first-order valence-corrected chi connectivity index (χ1v) is 6.98. The van der Waals surface area contributed by atoms with Gasteiger partial charge in [-0.2, -0.15) is 0 Å². The highest BCUT2D eigenvalue weighted by molar-refractivity contribution is 5.37. The highest BCUT2D eigenvalue weighted by Gasteiger charge is 2.15. The second kappa shape index (κ2) is 7.18. The highest BCUT2D eigenvalue weighted by atomic mass is 19.1. The SMILES string of the molecule is CCOc1ccccc1C(Cc1cc(F)cc(F)c1)NC. The normalized spacial score (nSPS) is 12.2. The molecule has 2 aromatic carbocycles. The maximum atomic E-state index is 13.3. The first-order chi connectivity index (χ1) is 10.1. The molecule has 112 valence electrons. The molecular formula is C17H19F2NO. The van der Waals surface area contributed by atoms with Gasteiger partial charge in [0.25, 0.3) is 0 Å². The lowest BCUT2D eigenvalue weighted by atomic mass is 9.98. The number of likely N-dealkylation sites (N-methyl/N-ethyl adjacent to an activating group) is 1. The average Bonchev–Trinajstić information content (AvgIpc) is 2.45. The second-order valence-electron chi connectivity index (χ2n) is 4.79. The van der Waals surface area contributed by atoms with Crippen LogP contribution in [0.2, 0.25) is 0 Å². The number of nitrogens with one attached hydrogen (secondary N) is 1. The molecular weight excluding hydrogens is 272 g/mol. The minimum absolute atomic E-state index is 0.0750. The molecule has 0 amide bonds. The van der Waals surface area contributed by atoms with Gasteiger partial charge < -0.3 is 10.1 Å². The summed E-state index contributed by atoms with van der Waals surface area (Å²) in [5.74, 6) is -0.327. The molecule has 0 aliphatic carbocycles. The van der Waals surface area contributed by atoms with Crippen LogP contribution in [0.5, 0.6) is 5.75 Å². The van der Waals surface area contributed by atoms with E-state index in [1.807, 2.05) is 38.2 Å². The van der Waals surface area contributed by atoms with Gasteiger partial charge in [-0.3, -0.25) is 0 Å². The lowest BCUT2D eigenvalue weighted by molar-refractivity contribution is 0.332. The van der Waals surface area contributed by atoms with Crippen molar-refractivity contribution in [2.75, 3.05) is 13.7 Å². The molecule has 0 spiro atoms. The van der Waals surface area contributed by atoms with E-state index in [0.29, 0.717) is 18.6 Å². The van der Waals surface area contributed by atoms with Gasteiger partial charge in [0.15, 0.2) is 0 Å². The number of rotatable bonds is 6. The van der Waals surface area contributed by atoms with Crippen LogP contribution >= 0.6 is 0 Å². The Balaban J connectivity index is 2.27. The van der Waals surface area contributed by atoms with Crippen molar-refractivity contribution < 1.29 is 13.5 Å². The van der Waals surface area contributed by atoms with Gasteiger partial charge in [0.1, 0.15) is 17.4 Å². The summed E-state index contributed by atoms with van der Waals surface area (Å²) in [7, 11) is 1.82. The van der Waals surface area contributed by atoms with Gasteiger partial charge in [0.2, 0.25) is 0 Å². The van der Waals surface area contributed by atoms with E-state index >= 15 is 0 Å². The summed E-state index contributed by atoms with van der Waals surface area (Å²) in [4.78, 5) is 0. The van der Waals surface area contributed by atoms with Crippen LogP contribution in [0.1, 0.15) is 24.1 Å². The maximum absolute atomic E-state index is 13.3. The van der Waals surface area contributed by atoms with Crippen molar-refractivity contribution in [3.63, 3.8) is 0 Å². The van der Waals surface area contributed by atoms with E-state index in [1.165, 1.54) is 12.1 Å². The molecule has 0 saturated carbocycles. The van der Waals surface area contributed by atoms with Crippen molar-refractivity contribution in [3.05, 3.63) is 65.2 Å². The van der Waals surface area contributed by atoms with Crippen LogP contribution in [0.25, 0.3) is 0 Å². The predicted molar refractivity (Wildman–Crippen MR) is 79.5 cm³/mol. The first kappa shape index (κ1) is 15.4. The summed E-state index contributed by atoms with van der Waals surface area (Å²) in [5.41, 5.74) is 1.59. The molecule has 4 heteroatoms. The van der Waals surface area contributed by atoms with Gasteiger partial charge in [-0.15, -0.1) is 0 Å². The highest BCUT2D eigenvalue weighted by Crippen LogP contribution is 2.27. The maximum Gasteiger partial charge on any atom is 0.126 e. The molecule has 1 atom stereocenters. The monoisotopic (exact) mass is 291 g/mol. The molecule has 0 heterocycles. The van der Waals surface area contributed by atoms with Crippen molar-refractivity contribution in [3.8, 4) is 5.75 Å². The van der Waals surface area contributed by atoms with Gasteiger partial charge in [0, 0.05) is 17.7 Å². The molecule has 1 unspecified atom stereocenters. The Morgan fingerprint density at radius 1 is 1.10 bits per heavy atom. The van der Waals surface area contributed by atoms with Crippen molar-refractivity contribution in [1.29, 1.82) is 0 Å². The third-order valence-electron chi connectivity index (χ3n) is 3.30. The number of ether oxygens (including phenoxy) is 1. The van der Waals surface area contributed by atoms with Crippen LogP contribution < -0.4 is 10.1 Å². The van der Waals surface area contributed by atoms with Crippen LogP contribution in [0.3, 0.4) is 0 Å².